The van der Waals surface area contributed by atoms with Crippen LogP contribution in [0.2, 0.25) is 0 Å². The van der Waals surface area contributed by atoms with E-state index >= 15 is 0 Å². The van der Waals surface area contributed by atoms with E-state index in [1.807, 2.05) is 18.2 Å². The van der Waals surface area contributed by atoms with E-state index in [2.05, 4.69) is 62.5 Å². The van der Waals surface area contributed by atoms with Gasteiger partial charge in [0, 0.05) is 6.07 Å². The quantitative estimate of drug-likeness (QED) is 0.0404. The molecular weight excluding hydrogens is 691 g/mol. The van der Waals surface area contributed by atoms with Gasteiger partial charge in [0.15, 0.2) is 0 Å². The molecule has 1 aliphatic heterocycles. The number of amides is 2. The van der Waals surface area contributed by atoms with Crippen molar-refractivity contribution in [1.82, 2.24) is 4.90 Å². The summed E-state index contributed by atoms with van der Waals surface area (Å²) in [5, 5.41) is 0. The van der Waals surface area contributed by atoms with E-state index in [-0.39, 0.29) is 18.4 Å². The molecule has 0 aromatic heterocycles. The lowest BCUT2D eigenvalue weighted by molar-refractivity contribution is 0.0642. The second kappa shape index (κ2) is 31.3. The summed E-state index contributed by atoms with van der Waals surface area (Å²) in [6, 6.07) is 12.9. The molecule has 5 heteroatoms. The van der Waals surface area contributed by atoms with E-state index in [9.17, 15) is 9.59 Å². The topological polar surface area (TPSA) is 55.8 Å². The Balaban J connectivity index is 1.34. The standard InChI is InChI=1S/C51H75NO4/c1-3-5-7-9-11-13-15-17-19-21-23-25-27-29-31-35-39-55-46-41-45(44-52-50(53)48-37-33-34-38-49(48)51(52)54)42-47(43-46)56-40-36-32-30-28-26-24-22-20-18-16-14-12-10-8-6-4-2/h11-14,17-20,33-34,37-38,41-43H,3-10,15-16,21-32,35-36,39-40,44H2,1-2H3. The van der Waals surface area contributed by atoms with Crippen LogP contribution in [0.1, 0.15) is 194 Å². The molecule has 0 bridgehead atoms. The van der Waals surface area contributed by atoms with Crippen LogP contribution in [0.15, 0.2) is 91.1 Å². The summed E-state index contributed by atoms with van der Waals surface area (Å²) in [6.07, 6.45) is 47.6. The van der Waals surface area contributed by atoms with Crippen LogP contribution in [0.25, 0.3) is 0 Å². The molecule has 5 nitrogen and oxygen atoms in total. The van der Waals surface area contributed by atoms with Gasteiger partial charge in [-0.1, -0.05) is 152 Å². The molecule has 2 amide bonds. The maximum atomic E-state index is 13.1. The predicted octanol–water partition coefficient (Wildman–Crippen LogP) is 14.9. The van der Waals surface area contributed by atoms with E-state index in [0.29, 0.717) is 24.3 Å². The monoisotopic (exact) mass is 766 g/mol. The Hall–Kier alpha value is -3.86. The predicted molar refractivity (Wildman–Crippen MR) is 237 cm³/mol. The van der Waals surface area contributed by atoms with Gasteiger partial charge in [0.1, 0.15) is 11.5 Å². The normalized spacial score (nSPS) is 13.1. The van der Waals surface area contributed by atoms with Gasteiger partial charge in [-0.05, 0) is 107 Å². The molecule has 0 radical (unpaired) electrons. The average Bonchev–Trinajstić information content (AvgIpc) is 3.44. The van der Waals surface area contributed by atoms with Crippen LogP contribution in [0.3, 0.4) is 0 Å². The lowest BCUT2D eigenvalue weighted by atomic mass is 10.1. The molecule has 0 saturated heterocycles. The van der Waals surface area contributed by atoms with Gasteiger partial charge in [-0.2, -0.15) is 0 Å². The SMILES string of the molecule is CCCCCC=CCC=CCCCCCCCCOc1cc(CN2C(=O)c3ccccc3C2=O)cc(OCCCCCCCCC=CCC=CCCCCC)c1. The van der Waals surface area contributed by atoms with Gasteiger partial charge < -0.3 is 9.47 Å². The van der Waals surface area contributed by atoms with Gasteiger partial charge in [-0.3, -0.25) is 14.5 Å². The number of benzene rings is 2. The molecular formula is C51H75NO4. The number of carbonyl (C=O) groups excluding carboxylic acids is 2. The van der Waals surface area contributed by atoms with Crippen molar-refractivity contribution in [3.8, 4) is 11.5 Å². The number of fused-ring (bicyclic) bond motifs is 1. The van der Waals surface area contributed by atoms with Crippen LogP contribution in [0, 0.1) is 0 Å². The fourth-order valence-electron chi connectivity index (χ4n) is 7.01. The van der Waals surface area contributed by atoms with Gasteiger partial charge in [0.2, 0.25) is 0 Å². The number of allylic oxidation sites excluding steroid dienone is 8. The molecule has 1 heterocycles. The molecule has 0 fully saturated rings. The molecule has 2 aromatic rings. The molecule has 0 unspecified atom stereocenters. The average molecular weight is 766 g/mol. The Morgan fingerprint density at radius 2 is 0.839 bits per heavy atom. The second-order valence-electron chi connectivity index (χ2n) is 15.4. The molecule has 308 valence electrons. The zero-order valence-corrected chi connectivity index (χ0v) is 35.3. The van der Waals surface area contributed by atoms with Crippen LogP contribution >= 0.6 is 0 Å². The highest BCUT2D eigenvalue weighted by Gasteiger charge is 2.35. The lowest BCUT2D eigenvalue weighted by Crippen LogP contribution is -2.29. The summed E-state index contributed by atoms with van der Waals surface area (Å²) in [7, 11) is 0. The highest BCUT2D eigenvalue weighted by atomic mass is 16.5. The van der Waals surface area contributed by atoms with Crippen LogP contribution in [0.4, 0.5) is 0 Å². The minimum absolute atomic E-state index is 0.190. The van der Waals surface area contributed by atoms with E-state index < -0.39 is 0 Å². The Kier molecular flexibility index (Phi) is 26.0. The first-order chi connectivity index (χ1) is 27.6. The van der Waals surface area contributed by atoms with Gasteiger partial charge in [0.25, 0.3) is 11.8 Å². The summed E-state index contributed by atoms with van der Waals surface area (Å²) >= 11 is 0. The summed E-state index contributed by atoms with van der Waals surface area (Å²) < 4.78 is 12.5. The number of imide groups is 1. The van der Waals surface area contributed by atoms with Crippen molar-refractivity contribution in [3.63, 3.8) is 0 Å². The second-order valence-corrected chi connectivity index (χ2v) is 15.4. The van der Waals surface area contributed by atoms with Gasteiger partial charge in [-0.25, -0.2) is 0 Å². The third kappa shape index (κ3) is 20.3. The summed E-state index contributed by atoms with van der Waals surface area (Å²) in [5.41, 5.74) is 1.77. The van der Waals surface area contributed by atoms with Crippen molar-refractivity contribution >= 4 is 11.8 Å². The molecule has 0 aliphatic carbocycles. The fourth-order valence-corrected chi connectivity index (χ4v) is 7.01. The molecule has 2 aromatic carbocycles. The summed E-state index contributed by atoms with van der Waals surface area (Å²) in [5.74, 6) is 0.964. The molecule has 3 rings (SSSR count). The minimum Gasteiger partial charge on any atom is -0.493 e. The van der Waals surface area contributed by atoms with E-state index in [1.54, 1.807) is 24.3 Å². The largest absolute Gasteiger partial charge is 0.493 e. The molecule has 0 spiro atoms. The smallest absolute Gasteiger partial charge is 0.261 e. The first-order valence-electron chi connectivity index (χ1n) is 22.6. The van der Waals surface area contributed by atoms with E-state index in [0.717, 1.165) is 55.6 Å². The van der Waals surface area contributed by atoms with Gasteiger partial charge in [0.05, 0.1) is 30.9 Å². The van der Waals surface area contributed by atoms with Gasteiger partial charge >= 0.3 is 0 Å². The lowest BCUT2D eigenvalue weighted by Gasteiger charge is -2.17. The highest BCUT2D eigenvalue weighted by Crippen LogP contribution is 2.29. The van der Waals surface area contributed by atoms with Crippen molar-refractivity contribution in [2.24, 2.45) is 0 Å². The van der Waals surface area contributed by atoms with Crippen LogP contribution < -0.4 is 9.47 Å². The Morgan fingerprint density at radius 3 is 1.25 bits per heavy atom. The first-order valence-corrected chi connectivity index (χ1v) is 22.6. The Labute approximate surface area is 341 Å². The fraction of sp³-hybridized carbons (Fsp3) is 0.569. The molecule has 0 atom stereocenters. The maximum absolute atomic E-state index is 13.1. The number of carbonyl (C=O) groups is 2. The number of nitrogens with zero attached hydrogens (tertiary/aromatic N) is 1. The van der Waals surface area contributed by atoms with E-state index in [1.165, 1.54) is 120 Å². The number of rotatable bonds is 34. The number of unbranched alkanes of at least 4 members (excludes halogenated alkanes) is 18. The maximum Gasteiger partial charge on any atom is 0.261 e. The number of hydrogen-bond acceptors (Lipinski definition) is 4. The summed E-state index contributed by atoms with van der Waals surface area (Å²) in [4.78, 5) is 27.5. The van der Waals surface area contributed by atoms with Crippen molar-refractivity contribution in [2.45, 2.75) is 174 Å². The molecule has 0 saturated carbocycles. The van der Waals surface area contributed by atoms with Gasteiger partial charge in [-0.15, -0.1) is 0 Å². The Morgan fingerprint density at radius 1 is 0.464 bits per heavy atom. The van der Waals surface area contributed by atoms with Crippen molar-refractivity contribution in [3.05, 3.63) is 108 Å². The van der Waals surface area contributed by atoms with Crippen molar-refractivity contribution < 1.29 is 19.1 Å². The molecule has 56 heavy (non-hydrogen) atoms. The number of hydrogen-bond donors (Lipinski definition) is 0. The molecule has 0 N–H and O–H groups in total. The van der Waals surface area contributed by atoms with Crippen LogP contribution in [-0.4, -0.2) is 29.9 Å². The Bertz CT molecular complexity index is 1370. The van der Waals surface area contributed by atoms with Crippen molar-refractivity contribution in [2.75, 3.05) is 13.2 Å². The highest BCUT2D eigenvalue weighted by molar-refractivity contribution is 6.21. The van der Waals surface area contributed by atoms with Crippen molar-refractivity contribution in [1.29, 1.82) is 0 Å². The zero-order valence-electron chi connectivity index (χ0n) is 35.3. The number of ether oxygens (including phenoxy) is 2. The van der Waals surface area contributed by atoms with Crippen LogP contribution in [0.5, 0.6) is 11.5 Å². The third-order valence-corrected chi connectivity index (χ3v) is 10.4. The first kappa shape index (κ1) is 46.5. The zero-order chi connectivity index (χ0) is 39.7. The van der Waals surface area contributed by atoms with Crippen LogP contribution in [-0.2, 0) is 6.54 Å². The summed E-state index contributed by atoms with van der Waals surface area (Å²) in [6.45, 7) is 5.96. The van der Waals surface area contributed by atoms with E-state index in [4.69, 9.17) is 9.47 Å². The molecule has 1 aliphatic rings. The minimum atomic E-state index is -0.248. The third-order valence-electron chi connectivity index (χ3n) is 10.4.